The zero-order valence-corrected chi connectivity index (χ0v) is 26.3. The van der Waals surface area contributed by atoms with Crippen molar-refractivity contribution in [2.24, 2.45) is 0 Å². The van der Waals surface area contributed by atoms with Crippen molar-refractivity contribution in [2.45, 2.75) is 0 Å². The third-order valence-corrected chi connectivity index (χ3v) is 10.2. The smallest absolute Gasteiger partial charge is 0.165 e. The van der Waals surface area contributed by atoms with Gasteiger partial charge in [-0.25, -0.2) is 9.97 Å². The van der Waals surface area contributed by atoms with Gasteiger partial charge in [0.25, 0.3) is 0 Å². The second-order valence-electron chi connectivity index (χ2n) is 12.8. The highest BCUT2D eigenvalue weighted by Gasteiger charge is 2.25. The van der Waals surface area contributed by atoms with E-state index in [9.17, 15) is 0 Å². The van der Waals surface area contributed by atoms with Gasteiger partial charge in [-0.15, -0.1) is 0 Å². The van der Waals surface area contributed by atoms with E-state index in [-0.39, 0.29) is 0 Å². The molecule has 1 aliphatic rings. The fraction of sp³-hybridized carbons (Fsp3) is 0. The first kappa shape index (κ1) is 26.4. The normalized spacial score (nSPS) is 12.1. The first-order chi connectivity index (χ1) is 24.3. The Labute approximate surface area is 281 Å². The van der Waals surface area contributed by atoms with Crippen molar-refractivity contribution in [2.75, 3.05) is 0 Å². The van der Waals surface area contributed by atoms with Crippen LogP contribution in [0.5, 0.6) is 0 Å². The van der Waals surface area contributed by atoms with Gasteiger partial charge in [0.05, 0.1) is 22.1 Å². The summed E-state index contributed by atoms with van der Waals surface area (Å²) in [5.74, 6) is 0.811. The summed E-state index contributed by atoms with van der Waals surface area (Å²) in [6.45, 7) is 0. The molecule has 1 aliphatic carbocycles. The van der Waals surface area contributed by atoms with Gasteiger partial charge in [-0.2, -0.15) is 0 Å². The summed E-state index contributed by atoms with van der Waals surface area (Å²) in [5.41, 5.74) is 13.0. The topological polar surface area (TPSA) is 43.6 Å². The Hall–Kier alpha value is -6.65. The van der Waals surface area contributed by atoms with Crippen LogP contribution in [0.25, 0.3) is 105 Å². The van der Waals surface area contributed by atoms with Crippen molar-refractivity contribution in [1.82, 2.24) is 19.5 Å². The van der Waals surface area contributed by atoms with Crippen LogP contribution in [0.3, 0.4) is 0 Å². The van der Waals surface area contributed by atoms with E-state index in [0.717, 1.165) is 61.0 Å². The maximum absolute atomic E-state index is 5.47. The van der Waals surface area contributed by atoms with Crippen LogP contribution in [0.15, 0.2) is 158 Å². The molecule has 7 aromatic carbocycles. The molecule has 0 bridgehead atoms. The maximum Gasteiger partial charge on any atom is 0.165 e. The van der Waals surface area contributed by atoms with Crippen LogP contribution in [0.2, 0.25) is 0 Å². The Morgan fingerprint density at radius 2 is 1.18 bits per heavy atom. The number of pyridine rings is 1. The molecule has 0 aliphatic heterocycles. The van der Waals surface area contributed by atoms with E-state index in [0.29, 0.717) is 0 Å². The summed E-state index contributed by atoms with van der Waals surface area (Å²) in [5, 5.41) is 7.12. The van der Waals surface area contributed by atoms with E-state index in [2.05, 4.69) is 149 Å². The SMILES string of the molecule is c1ccc(-c2nc3c(ccc4ccccc43)nc2-n2c3ccccc3c3cc4c(cc32)-c2cnccc2-c2cccc3cccc-4c23)cc1. The summed E-state index contributed by atoms with van der Waals surface area (Å²) in [4.78, 5) is 15.6. The molecule has 0 radical (unpaired) electrons. The van der Waals surface area contributed by atoms with E-state index in [1.165, 1.54) is 43.8 Å². The Bertz CT molecular complexity index is 2990. The monoisotopic (exact) mass is 622 g/mol. The Balaban J connectivity index is 1.31. The molecule has 11 rings (SSSR count). The van der Waals surface area contributed by atoms with Gasteiger partial charge < -0.3 is 0 Å². The Morgan fingerprint density at radius 3 is 2.06 bits per heavy atom. The van der Waals surface area contributed by atoms with Crippen molar-refractivity contribution in [3.8, 4) is 50.5 Å². The fourth-order valence-corrected chi connectivity index (χ4v) is 8.05. The van der Waals surface area contributed by atoms with Crippen molar-refractivity contribution < 1.29 is 0 Å². The maximum atomic E-state index is 5.47. The van der Waals surface area contributed by atoms with Gasteiger partial charge in [0.2, 0.25) is 0 Å². The average molecular weight is 623 g/mol. The molecular weight excluding hydrogens is 597 g/mol. The van der Waals surface area contributed by atoms with Crippen LogP contribution in [-0.2, 0) is 0 Å². The number of benzene rings is 7. The fourth-order valence-electron chi connectivity index (χ4n) is 8.05. The van der Waals surface area contributed by atoms with E-state index < -0.39 is 0 Å². The number of fused-ring (bicyclic) bond motifs is 11. The van der Waals surface area contributed by atoms with Crippen LogP contribution < -0.4 is 0 Å². The highest BCUT2D eigenvalue weighted by Crippen LogP contribution is 2.49. The third-order valence-electron chi connectivity index (χ3n) is 10.2. The molecule has 10 aromatic rings. The Morgan fingerprint density at radius 1 is 0.449 bits per heavy atom. The molecule has 0 saturated carbocycles. The van der Waals surface area contributed by atoms with Crippen LogP contribution in [0.4, 0.5) is 0 Å². The standard InChI is InChI=1S/C45H26N4/c1-2-11-29(12-3-1)43-45(47-39-21-20-27-10-4-5-15-30(27)44(39)48-43)49-40-19-7-6-16-32(40)37-24-35-34-18-9-14-28-13-8-17-33(42(28)34)31-22-23-46-26-38(31)36(35)25-41(37)49/h1-26H. The van der Waals surface area contributed by atoms with Gasteiger partial charge >= 0.3 is 0 Å². The van der Waals surface area contributed by atoms with Crippen molar-refractivity contribution >= 4 is 54.4 Å². The summed E-state index contributed by atoms with van der Waals surface area (Å²) in [6.07, 6.45) is 3.93. The lowest BCUT2D eigenvalue weighted by Gasteiger charge is -2.16. The van der Waals surface area contributed by atoms with Crippen LogP contribution in [-0.4, -0.2) is 19.5 Å². The molecule has 49 heavy (non-hydrogen) atoms. The molecule has 0 unspecified atom stereocenters. The van der Waals surface area contributed by atoms with Gasteiger partial charge in [-0.3, -0.25) is 9.55 Å². The summed E-state index contributed by atoms with van der Waals surface area (Å²) in [7, 11) is 0. The number of nitrogens with zero attached hydrogens (tertiary/aromatic N) is 4. The molecule has 0 atom stereocenters. The van der Waals surface area contributed by atoms with Crippen molar-refractivity contribution in [3.63, 3.8) is 0 Å². The number of rotatable bonds is 2. The first-order valence-corrected chi connectivity index (χ1v) is 16.6. The van der Waals surface area contributed by atoms with Crippen LogP contribution in [0.1, 0.15) is 0 Å². The number of aromatic nitrogens is 4. The largest absolute Gasteiger partial charge is 0.292 e. The van der Waals surface area contributed by atoms with E-state index in [1.807, 2.05) is 18.5 Å². The zero-order chi connectivity index (χ0) is 32.1. The number of hydrogen-bond donors (Lipinski definition) is 0. The lowest BCUT2D eigenvalue weighted by atomic mass is 9.92. The molecular formula is C45H26N4. The number of hydrogen-bond acceptors (Lipinski definition) is 3. The van der Waals surface area contributed by atoms with Gasteiger partial charge in [0, 0.05) is 39.7 Å². The molecule has 0 amide bonds. The second-order valence-corrected chi connectivity index (χ2v) is 12.8. The lowest BCUT2D eigenvalue weighted by molar-refractivity contribution is 1.08. The minimum absolute atomic E-state index is 0.811. The molecule has 226 valence electrons. The molecule has 3 aromatic heterocycles. The summed E-state index contributed by atoms with van der Waals surface area (Å²) in [6, 6.07) is 52.0. The van der Waals surface area contributed by atoms with Gasteiger partial charge in [-0.1, -0.05) is 115 Å². The van der Waals surface area contributed by atoms with Crippen molar-refractivity contribution in [1.29, 1.82) is 0 Å². The van der Waals surface area contributed by atoms with Crippen molar-refractivity contribution in [3.05, 3.63) is 158 Å². The van der Waals surface area contributed by atoms with E-state index in [4.69, 9.17) is 9.97 Å². The zero-order valence-electron chi connectivity index (χ0n) is 26.3. The van der Waals surface area contributed by atoms with E-state index in [1.54, 1.807) is 0 Å². The summed E-state index contributed by atoms with van der Waals surface area (Å²) >= 11 is 0. The van der Waals surface area contributed by atoms with Gasteiger partial charge in [0.15, 0.2) is 5.82 Å². The predicted octanol–water partition coefficient (Wildman–Crippen LogP) is 11.4. The first-order valence-electron chi connectivity index (χ1n) is 16.6. The predicted molar refractivity (Wildman–Crippen MR) is 202 cm³/mol. The molecule has 0 saturated heterocycles. The van der Waals surface area contributed by atoms with Gasteiger partial charge in [-0.05, 0) is 74.3 Å². The molecule has 4 nitrogen and oxygen atoms in total. The highest BCUT2D eigenvalue weighted by atomic mass is 15.1. The molecule has 3 heterocycles. The summed E-state index contributed by atoms with van der Waals surface area (Å²) < 4.78 is 2.32. The van der Waals surface area contributed by atoms with Gasteiger partial charge in [0.1, 0.15) is 5.69 Å². The minimum atomic E-state index is 0.811. The second kappa shape index (κ2) is 9.93. The van der Waals surface area contributed by atoms with Crippen LogP contribution >= 0.6 is 0 Å². The third kappa shape index (κ3) is 3.71. The van der Waals surface area contributed by atoms with E-state index >= 15 is 0 Å². The molecule has 0 N–H and O–H groups in total. The Kier molecular flexibility index (Phi) is 5.35. The quantitative estimate of drug-likeness (QED) is 0.180. The minimum Gasteiger partial charge on any atom is -0.292 e. The lowest BCUT2D eigenvalue weighted by Crippen LogP contribution is -2.04. The average Bonchev–Trinajstić information content (AvgIpc) is 3.44. The van der Waals surface area contributed by atoms with Crippen LogP contribution in [0, 0.1) is 0 Å². The molecule has 0 spiro atoms. The number of para-hydroxylation sites is 1. The highest BCUT2D eigenvalue weighted by molar-refractivity contribution is 6.18. The molecule has 0 fully saturated rings. The molecule has 4 heteroatoms.